The molecule has 5 heterocycles. The Hall–Kier alpha value is -5.22. The third-order valence-corrected chi connectivity index (χ3v) is 13.2. The zero-order valence-corrected chi connectivity index (χ0v) is 36.5. The fraction of sp³-hybridized carbons (Fsp3) is 0.565. The number of H-pyrrole nitrogens is 1. The Morgan fingerprint density at radius 3 is 2.32 bits per heavy atom. The second kappa shape index (κ2) is 19.9. The van der Waals surface area contributed by atoms with Crippen molar-refractivity contribution < 1.29 is 30.8 Å². The summed E-state index contributed by atoms with van der Waals surface area (Å²) in [5.74, 6) is 0.511. The van der Waals surface area contributed by atoms with E-state index in [0.29, 0.717) is 34.4 Å². The van der Waals surface area contributed by atoms with Gasteiger partial charge in [0, 0.05) is 90.4 Å². The van der Waals surface area contributed by atoms with Gasteiger partial charge in [0.1, 0.15) is 36.3 Å². The average molecular weight is 861 g/mol. The summed E-state index contributed by atoms with van der Waals surface area (Å²) in [6.07, 6.45) is 11.7. The number of nitrogens with one attached hydrogen (secondary N) is 1. The topological polar surface area (TPSA) is 157 Å². The zero-order chi connectivity index (χ0) is 44.0. The average Bonchev–Trinajstić information content (AvgIpc) is 3.73. The molecular weight excluding hydrogens is 795 g/mol. The first-order valence-electron chi connectivity index (χ1n) is 22.4. The third kappa shape index (κ3) is 10.0. The summed E-state index contributed by atoms with van der Waals surface area (Å²) in [4.78, 5) is 52.2. The molecule has 2 aliphatic carbocycles. The van der Waals surface area contributed by atoms with Gasteiger partial charge in [-0.3, -0.25) is 19.6 Å². The predicted octanol–water partition coefficient (Wildman–Crippen LogP) is 6.68. The summed E-state index contributed by atoms with van der Waals surface area (Å²) < 4.78 is 35.7. The van der Waals surface area contributed by atoms with Crippen LogP contribution in [-0.2, 0) is 16.1 Å². The van der Waals surface area contributed by atoms with E-state index in [2.05, 4.69) is 41.8 Å². The molecule has 9 rings (SSSR count). The highest BCUT2D eigenvalue weighted by atomic mass is 19.1. The largest absolute Gasteiger partial charge is 0.484 e. The number of fused-ring (bicyclic) bond motifs is 2. The van der Waals surface area contributed by atoms with Crippen LogP contribution in [-0.4, -0.2) is 131 Å². The van der Waals surface area contributed by atoms with E-state index >= 15 is 4.39 Å². The number of ether oxygens (including phenoxy) is 1. The number of carbonyl (C=O) groups is 3. The number of halogens is 2. The van der Waals surface area contributed by atoms with Crippen LogP contribution in [0.1, 0.15) is 97.3 Å². The number of amides is 2. The Morgan fingerprint density at radius 2 is 1.66 bits per heavy atom. The van der Waals surface area contributed by atoms with Gasteiger partial charge in [-0.1, -0.05) is 39.5 Å². The number of anilines is 2. The molecule has 4 aromatic rings. The molecule has 14 nitrogen and oxygen atoms in total. The molecule has 2 saturated carbocycles. The monoisotopic (exact) mass is 861 g/mol. The molecule has 5 aliphatic rings. The lowest BCUT2D eigenvalue weighted by Gasteiger charge is -2.37. The van der Waals surface area contributed by atoms with Crippen LogP contribution in [0.5, 0.6) is 5.75 Å². The number of nitrogens with two attached hydrogens (primary N) is 1. The van der Waals surface area contributed by atoms with Gasteiger partial charge in [-0.25, -0.2) is 18.7 Å². The van der Waals surface area contributed by atoms with Crippen LogP contribution >= 0.6 is 0 Å². The number of rotatable bonds is 12. The van der Waals surface area contributed by atoms with Gasteiger partial charge >= 0.3 is 0 Å². The maximum absolute atomic E-state index is 15.2. The summed E-state index contributed by atoms with van der Waals surface area (Å²) in [6, 6.07) is 7.90. The number of nitrogens with zero attached hydrogens (tertiary/aromatic N) is 8. The fourth-order valence-corrected chi connectivity index (χ4v) is 9.27. The Labute approximate surface area is 366 Å². The quantitative estimate of drug-likeness (QED) is 0.157. The van der Waals surface area contributed by atoms with Crippen molar-refractivity contribution >= 4 is 41.0 Å². The van der Waals surface area contributed by atoms with Crippen molar-refractivity contribution in [1.82, 2.24) is 34.9 Å². The molecule has 2 aromatic heterocycles. The van der Waals surface area contributed by atoms with Crippen LogP contribution in [0, 0.1) is 17.6 Å². The standard InChI is InChI=1S/C26H33FN6O.C19H27FN4O2.CH2O.2H2/c1-26(7-8-26)34-23-13-19-21(14-20(23)27)30-31-25(19)22-15-24(29-17-28-22)33-11-9-32(10-12-33)16-18-5-3-2-4-6-18;1-3-5-16(18(21)25)24-12-14-13(19(24)26)6-7-15(17(14)20)23-10-8-22(4-2)9-11-23;1-2;;/h13-15,17-18H,2-12,16H2,1H3,(H,30,31);6-7,16H,3-5,8-12H2,1-2H3,(H2,21,25);1H2;2*1H. The van der Waals surface area contributed by atoms with Gasteiger partial charge in [-0.2, -0.15) is 5.10 Å². The highest BCUT2D eigenvalue weighted by Gasteiger charge is 2.41. The molecule has 2 saturated heterocycles. The molecule has 16 heteroatoms. The predicted molar refractivity (Wildman–Crippen MR) is 240 cm³/mol. The van der Waals surface area contributed by atoms with E-state index in [0.717, 1.165) is 101 Å². The maximum Gasteiger partial charge on any atom is 0.255 e. The van der Waals surface area contributed by atoms with Crippen LogP contribution in [0.2, 0.25) is 0 Å². The first-order chi connectivity index (χ1) is 30.0. The highest BCUT2D eigenvalue weighted by molar-refractivity contribution is 6.01. The lowest BCUT2D eigenvalue weighted by molar-refractivity contribution is -0.122. The van der Waals surface area contributed by atoms with Crippen LogP contribution in [0.3, 0.4) is 0 Å². The Balaban J connectivity index is 0.000000233. The van der Waals surface area contributed by atoms with Crippen molar-refractivity contribution in [1.29, 1.82) is 0 Å². The van der Waals surface area contributed by atoms with E-state index in [1.165, 1.54) is 49.6 Å². The minimum atomic E-state index is -0.684. The number of likely N-dealkylation sites (N-methyl/N-ethyl adjacent to an activating group) is 1. The molecule has 0 radical (unpaired) electrons. The number of piperazine rings is 2. The molecule has 4 fully saturated rings. The van der Waals surface area contributed by atoms with Crippen LogP contribution < -0.4 is 20.3 Å². The molecule has 3 N–H and O–H groups in total. The molecule has 2 aromatic carbocycles. The number of carbonyl (C=O) groups excluding carboxylic acids is 3. The molecule has 3 aliphatic heterocycles. The second-order valence-electron chi connectivity index (χ2n) is 17.5. The van der Waals surface area contributed by atoms with Crippen LogP contribution in [0.15, 0.2) is 36.7 Å². The van der Waals surface area contributed by atoms with Gasteiger partial charge in [0.05, 0.1) is 23.4 Å². The third-order valence-electron chi connectivity index (χ3n) is 13.2. The second-order valence-corrected chi connectivity index (χ2v) is 17.5. The number of hydrogen-bond acceptors (Lipinski definition) is 11. The first kappa shape index (κ1) is 44.8. The number of hydrogen-bond donors (Lipinski definition) is 2. The molecule has 2 amide bonds. The summed E-state index contributed by atoms with van der Waals surface area (Å²) >= 11 is 0. The molecular formula is C46H66F2N10O4. The van der Waals surface area contributed by atoms with Crippen molar-refractivity contribution in [2.75, 3.05) is 75.2 Å². The number of benzene rings is 2. The summed E-state index contributed by atoms with van der Waals surface area (Å²) in [6.45, 7) is 17.8. The number of primary amides is 1. The minimum Gasteiger partial charge on any atom is -0.484 e. The van der Waals surface area contributed by atoms with Gasteiger partial charge in [0.15, 0.2) is 17.4 Å². The number of aromatic amines is 1. The summed E-state index contributed by atoms with van der Waals surface area (Å²) in [5.41, 5.74) is 8.56. The Kier molecular flexibility index (Phi) is 14.4. The van der Waals surface area contributed by atoms with Gasteiger partial charge in [0.25, 0.3) is 5.91 Å². The van der Waals surface area contributed by atoms with Crippen LogP contribution in [0.4, 0.5) is 20.3 Å². The van der Waals surface area contributed by atoms with Crippen molar-refractivity contribution in [3.8, 4) is 17.1 Å². The number of aromatic nitrogens is 4. The molecule has 1 atom stereocenters. The van der Waals surface area contributed by atoms with Crippen molar-refractivity contribution in [2.24, 2.45) is 11.7 Å². The lowest BCUT2D eigenvalue weighted by atomic mass is 9.89. The highest BCUT2D eigenvalue weighted by Crippen LogP contribution is 2.42. The van der Waals surface area contributed by atoms with Crippen molar-refractivity contribution in [2.45, 2.75) is 96.7 Å². The van der Waals surface area contributed by atoms with Crippen molar-refractivity contribution in [3.63, 3.8) is 0 Å². The normalized spacial score (nSPS) is 19.6. The summed E-state index contributed by atoms with van der Waals surface area (Å²) in [7, 11) is 0. The van der Waals surface area contributed by atoms with E-state index in [1.807, 2.05) is 31.6 Å². The smallest absolute Gasteiger partial charge is 0.255 e. The molecule has 0 spiro atoms. The van der Waals surface area contributed by atoms with E-state index in [4.69, 9.17) is 15.3 Å². The Morgan fingerprint density at radius 1 is 0.968 bits per heavy atom. The first-order valence-corrected chi connectivity index (χ1v) is 22.4. The van der Waals surface area contributed by atoms with Crippen molar-refractivity contribution in [3.05, 3.63) is 59.4 Å². The minimum absolute atomic E-state index is 0. The molecule has 338 valence electrons. The Bertz CT molecular complexity index is 2190. The maximum atomic E-state index is 15.2. The van der Waals surface area contributed by atoms with Gasteiger partial charge in [0.2, 0.25) is 5.91 Å². The SMILES string of the molecule is C=O.CC1(Oc2cc3c(-c4cc(N5CCN(CC6CCCCC6)CC5)ncn4)n[nH]c3cc2F)CC1.CCCC(C(N)=O)N1Cc2c(ccc(N3CCN(CC)CC3)c2F)C1=O.[HH].[HH]. The fourth-order valence-electron chi connectivity index (χ4n) is 9.27. The van der Waals surface area contributed by atoms with Gasteiger partial charge < -0.3 is 34.9 Å². The van der Waals surface area contributed by atoms with Crippen LogP contribution in [0.25, 0.3) is 22.3 Å². The van der Waals surface area contributed by atoms with E-state index < -0.39 is 11.9 Å². The molecule has 62 heavy (non-hydrogen) atoms. The van der Waals surface area contributed by atoms with E-state index in [-0.39, 0.29) is 38.3 Å². The zero-order valence-electron chi connectivity index (χ0n) is 36.5. The molecule has 1 unspecified atom stereocenters. The summed E-state index contributed by atoms with van der Waals surface area (Å²) in [5, 5.41) is 8.22. The van der Waals surface area contributed by atoms with Gasteiger partial charge in [-0.15, -0.1) is 0 Å². The van der Waals surface area contributed by atoms with E-state index in [1.54, 1.807) is 24.5 Å². The molecule has 0 bridgehead atoms. The van der Waals surface area contributed by atoms with E-state index in [9.17, 15) is 14.0 Å². The van der Waals surface area contributed by atoms with Gasteiger partial charge in [-0.05, 0) is 69.7 Å². The lowest BCUT2D eigenvalue weighted by Crippen LogP contribution is -2.48.